The topological polar surface area (TPSA) is 51.2 Å². The van der Waals surface area contributed by atoms with Gasteiger partial charge in [0, 0.05) is 29.8 Å². The van der Waals surface area contributed by atoms with Gasteiger partial charge in [-0.15, -0.1) is 0 Å². The number of aromatic nitrogens is 1. The maximum absolute atomic E-state index is 12.6. The van der Waals surface area contributed by atoms with Crippen LogP contribution in [0, 0.1) is 5.41 Å². The summed E-state index contributed by atoms with van der Waals surface area (Å²) in [7, 11) is 0. The van der Waals surface area contributed by atoms with Crippen molar-refractivity contribution in [3.8, 4) is 11.6 Å². The van der Waals surface area contributed by atoms with Crippen LogP contribution in [0.15, 0.2) is 42.6 Å². The Morgan fingerprint density at radius 3 is 2.73 bits per heavy atom. The molecule has 0 bridgehead atoms. The molecule has 2 heterocycles. The summed E-state index contributed by atoms with van der Waals surface area (Å²) in [6.45, 7) is 6.50. The maximum Gasteiger partial charge on any atom is 0.226 e. The van der Waals surface area contributed by atoms with E-state index in [0.717, 1.165) is 16.9 Å². The highest BCUT2D eigenvalue weighted by molar-refractivity contribution is 5.84. The molecule has 3 rings (SSSR count). The molecule has 4 nitrogen and oxygen atoms in total. The van der Waals surface area contributed by atoms with Crippen molar-refractivity contribution in [1.82, 2.24) is 10.3 Å². The summed E-state index contributed by atoms with van der Waals surface area (Å²) >= 11 is 0. The number of fused-ring (bicyclic) bond motifs is 2. The molecule has 22 heavy (non-hydrogen) atoms. The molecule has 2 aromatic rings. The molecule has 0 fully saturated rings. The average molecular weight is 296 g/mol. The molecule has 1 atom stereocenters. The zero-order valence-electron chi connectivity index (χ0n) is 13.1. The van der Waals surface area contributed by atoms with E-state index in [0.29, 0.717) is 12.4 Å². The number of amides is 1. The molecule has 0 spiro atoms. The Bertz CT molecular complexity index is 664. The van der Waals surface area contributed by atoms with Gasteiger partial charge < -0.3 is 10.1 Å². The highest BCUT2D eigenvalue weighted by atomic mass is 16.5. The standard InChI is InChI=1S/C18H20N2O2/c1-4-19-17(21)18(2,3)15-12-8-5-6-10-14(12)22-16-13(15)9-7-11-20-16/h5-11,15H,4H2,1-3H3,(H,19,21). The van der Waals surface area contributed by atoms with Crippen LogP contribution in [0.2, 0.25) is 0 Å². The molecule has 1 aromatic carbocycles. The Labute approximate surface area is 130 Å². The number of benzene rings is 1. The number of ether oxygens (including phenoxy) is 1. The molecule has 0 saturated carbocycles. The number of rotatable bonds is 3. The first kappa shape index (κ1) is 14.6. The number of carbonyl (C=O) groups excluding carboxylic acids is 1. The van der Waals surface area contributed by atoms with Gasteiger partial charge in [0.25, 0.3) is 0 Å². The van der Waals surface area contributed by atoms with Crippen molar-refractivity contribution in [2.75, 3.05) is 6.54 Å². The fraction of sp³-hybridized carbons (Fsp3) is 0.333. The van der Waals surface area contributed by atoms with E-state index in [1.807, 2.05) is 57.2 Å². The first-order valence-electron chi connectivity index (χ1n) is 7.55. The van der Waals surface area contributed by atoms with Crippen LogP contribution in [0.25, 0.3) is 0 Å². The minimum Gasteiger partial charge on any atom is -0.438 e. The maximum atomic E-state index is 12.6. The number of nitrogens with one attached hydrogen (secondary N) is 1. The predicted octanol–water partition coefficient (Wildman–Crippen LogP) is 3.48. The molecule has 0 radical (unpaired) electrons. The summed E-state index contributed by atoms with van der Waals surface area (Å²) in [5.74, 6) is 1.30. The highest BCUT2D eigenvalue weighted by Gasteiger charge is 2.43. The van der Waals surface area contributed by atoms with Crippen LogP contribution >= 0.6 is 0 Å². The highest BCUT2D eigenvalue weighted by Crippen LogP contribution is 2.50. The molecule has 1 unspecified atom stereocenters. The molecule has 1 aliphatic rings. The molecule has 114 valence electrons. The number of hydrogen-bond donors (Lipinski definition) is 1. The molecule has 0 saturated heterocycles. The van der Waals surface area contributed by atoms with E-state index < -0.39 is 5.41 Å². The minimum atomic E-state index is -0.603. The van der Waals surface area contributed by atoms with E-state index in [9.17, 15) is 4.79 Å². The van der Waals surface area contributed by atoms with Crippen molar-refractivity contribution < 1.29 is 9.53 Å². The number of para-hydroxylation sites is 1. The Kier molecular flexibility index (Phi) is 3.61. The zero-order chi connectivity index (χ0) is 15.7. The van der Waals surface area contributed by atoms with Gasteiger partial charge in [0.05, 0.1) is 5.41 Å². The number of carbonyl (C=O) groups is 1. The molecule has 1 N–H and O–H groups in total. The fourth-order valence-electron chi connectivity index (χ4n) is 3.09. The van der Waals surface area contributed by atoms with Crippen molar-refractivity contribution in [2.45, 2.75) is 26.7 Å². The third-order valence-electron chi connectivity index (χ3n) is 4.19. The molecule has 1 amide bonds. The number of hydrogen-bond acceptors (Lipinski definition) is 3. The van der Waals surface area contributed by atoms with E-state index in [1.54, 1.807) is 6.20 Å². The van der Waals surface area contributed by atoms with Crippen molar-refractivity contribution in [1.29, 1.82) is 0 Å². The van der Waals surface area contributed by atoms with Crippen LogP contribution in [0.1, 0.15) is 37.8 Å². The third kappa shape index (κ3) is 2.25. The Balaban J connectivity index is 2.16. The summed E-state index contributed by atoms with van der Waals surface area (Å²) in [5.41, 5.74) is 1.38. The van der Waals surface area contributed by atoms with Crippen LogP contribution in [-0.2, 0) is 4.79 Å². The second-order valence-electron chi connectivity index (χ2n) is 6.05. The average Bonchev–Trinajstić information content (AvgIpc) is 2.52. The summed E-state index contributed by atoms with van der Waals surface area (Å²) in [4.78, 5) is 16.9. The molecule has 1 aromatic heterocycles. The van der Waals surface area contributed by atoms with Gasteiger partial charge in [-0.2, -0.15) is 0 Å². The van der Waals surface area contributed by atoms with Gasteiger partial charge in [-0.25, -0.2) is 4.98 Å². The SMILES string of the molecule is CCNC(=O)C(C)(C)C1c2ccccc2Oc2ncccc21. The van der Waals surface area contributed by atoms with Gasteiger partial charge in [-0.05, 0) is 19.1 Å². The Hall–Kier alpha value is -2.36. The third-order valence-corrected chi connectivity index (χ3v) is 4.19. The van der Waals surface area contributed by atoms with E-state index in [2.05, 4.69) is 10.3 Å². The van der Waals surface area contributed by atoms with Crippen molar-refractivity contribution in [3.63, 3.8) is 0 Å². The van der Waals surface area contributed by atoms with E-state index >= 15 is 0 Å². The Morgan fingerprint density at radius 2 is 1.95 bits per heavy atom. The summed E-state index contributed by atoms with van der Waals surface area (Å²) in [5, 5.41) is 2.94. The van der Waals surface area contributed by atoms with Crippen LogP contribution in [0.5, 0.6) is 11.6 Å². The van der Waals surface area contributed by atoms with Crippen LogP contribution in [-0.4, -0.2) is 17.4 Å². The molecule has 4 heteroatoms. The van der Waals surface area contributed by atoms with Crippen molar-refractivity contribution in [3.05, 3.63) is 53.7 Å². The summed E-state index contributed by atoms with van der Waals surface area (Å²) in [6.07, 6.45) is 1.71. The first-order valence-corrected chi connectivity index (χ1v) is 7.55. The van der Waals surface area contributed by atoms with Gasteiger partial charge in [-0.1, -0.05) is 38.1 Å². The van der Waals surface area contributed by atoms with Crippen molar-refractivity contribution in [2.24, 2.45) is 5.41 Å². The first-order chi connectivity index (χ1) is 10.6. The van der Waals surface area contributed by atoms with Crippen LogP contribution in [0.4, 0.5) is 0 Å². The second kappa shape index (κ2) is 5.44. The molecular weight excluding hydrogens is 276 g/mol. The molecule has 0 aliphatic carbocycles. The predicted molar refractivity (Wildman–Crippen MR) is 85.1 cm³/mol. The van der Waals surface area contributed by atoms with E-state index in [-0.39, 0.29) is 11.8 Å². The van der Waals surface area contributed by atoms with Gasteiger partial charge in [-0.3, -0.25) is 4.79 Å². The zero-order valence-corrected chi connectivity index (χ0v) is 13.1. The quantitative estimate of drug-likeness (QED) is 0.943. The Morgan fingerprint density at radius 1 is 1.23 bits per heavy atom. The lowest BCUT2D eigenvalue weighted by molar-refractivity contribution is -0.130. The van der Waals surface area contributed by atoms with Crippen molar-refractivity contribution >= 4 is 5.91 Å². The number of pyridine rings is 1. The summed E-state index contributed by atoms with van der Waals surface area (Å²) in [6, 6.07) is 11.7. The minimum absolute atomic E-state index is 0.0338. The molecular formula is C18H20N2O2. The van der Waals surface area contributed by atoms with Crippen LogP contribution < -0.4 is 10.1 Å². The van der Waals surface area contributed by atoms with E-state index in [4.69, 9.17) is 4.74 Å². The van der Waals surface area contributed by atoms with E-state index in [1.165, 1.54) is 0 Å². The lowest BCUT2D eigenvalue weighted by Crippen LogP contribution is -2.42. The van der Waals surface area contributed by atoms with Gasteiger partial charge in [0.2, 0.25) is 11.8 Å². The second-order valence-corrected chi connectivity index (χ2v) is 6.05. The smallest absolute Gasteiger partial charge is 0.226 e. The fourth-order valence-corrected chi connectivity index (χ4v) is 3.09. The lowest BCUT2D eigenvalue weighted by Gasteiger charge is -2.37. The van der Waals surface area contributed by atoms with Gasteiger partial charge in [0.1, 0.15) is 5.75 Å². The normalized spacial score (nSPS) is 16.2. The lowest BCUT2D eigenvalue weighted by atomic mass is 9.70. The van der Waals surface area contributed by atoms with Gasteiger partial charge >= 0.3 is 0 Å². The summed E-state index contributed by atoms with van der Waals surface area (Å²) < 4.78 is 5.90. The monoisotopic (exact) mass is 296 g/mol. The largest absolute Gasteiger partial charge is 0.438 e. The molecule has 1 aliphatic heterocycles. The van der Waals surface area contributed by atoms with Crippen LogP contribution in [0.3, 0.4) is 0 Å². The van der Waals surface area contributed by atoms with Gasteiger partial charge in [0.15, 0.2) is 0 Å². The number of nitrogens with zero attached hydrogens (tertiary/aromatic N) is 1.